The van der Waals surface area contributed by atoms with Crippen LogP contribution in [0.5, 0.6) is 0 Å². The van der Waals surface area contributed by atoms with Crippen LogP contribution < -0.4 is 10.5 Å². The maximum absolute atomic E-state index is 13.2. The third-order valence-corrected chi connectivity index (χ3v) is 5.84. The van der Waals surface area contributed by atoms with E-state index in [-0.39, 0.29) is 17.3 Å². The van der Waals surface area contributed by atoms with Gasteiger partial charge in [-0.05, 0) is 61.1 Å². The fraction of sp³-hybridized carbons (Fsp3) is 0.261. The Bertz CT molecular complexity index is 1250. The van der Waals surface area contributed by atoms with Crippen molar-refractivity contribution in [3.05, 3.63) is 81.6 Å². The minimum Gasteiger partial charge on any atom is -0.370 e. The molecule has 1 aliphatic heterocycles. The summed E-state index contributed by atoms with van der Waals surface area (Å²) in [5.74, 6) is -0.348. The van der Waals surface area contributed by atoms with Gasteiger partial charge in [-0.25, -0.2) is 4.39 Å². The summed E-state index contributed by atoms with van der Waals surface area (Å²) < 4.78 is 14.9. The Morgan fingerprint density at radius 3 is 2.65 bits per heavy atom. The zero-order valence-corrected chi connectivity index (χ0v) is 17.8. The number of amides is 1. The molecule has 8 heteroatoms. The van der Waals surface area contributed by atoms with Crippen LogP contribution in [0.2, 0.25) is 0 Å². The number of anilines is 1. The van der Waals surface area contributed by atoms with Gasteiger partial charge in [-0.3, -0.25) is 14.2 Å². The fourth-order valence-electron chi connectivity index (χ4n) is 3.90. The number of nitrogens with one attached hydrogen (secondary N) is 1. The average molecular weight is 439 g/mol. The van der Waals surface area contributed by atoms with E-state index in [1.165, 1.54) is 16.7 Å². The highest BCUT2D eigenvalue weighted by Gasteiger charge is 2.21. The third-order valence-electron chi connectivity index (χ3n) is 5.52. The predicted molar refractivity (Wildman–Crippen MR) is 123 cm³/mol. The first-order valence-electron chi connectivity index (χ1n) is 10.2. The molecule has 6 nitrogen and oxygen atoms in total. The monoisotopic (exact) mass is 438 g/mol. The molecule has 0 aliphatic carbocycles. The van der Waals surface area contributed by atoms with Crippen molar-refractivity contribution in [3.63, 3.8) is 0 Å². The Morgan fingerprint density at radius 1 is 1.13 bits per heavy atom. The maximum atomic E-state index is 13.2. The Hall–Kier alpha value is -3.26. The number of halogens is 1. The first-order chi connectivity index (χ1) is 15.0. The Kier molecular flexibility index (Phi) is 5.99. The minimum atomic E-state index is -0.262. The summed E-state index contributed by atoms with van der Waals surface area (Å²) in [7, 11) is 0. The van der Waals surface area contributed by atoms with Crippen LogP contribution in [-0.4, -0.2) is 46.5 Å². The molecule has 1 aromatic heterocycles. The molecule has 0 bridgehead atoms. The number of aromatic amines is 1. The summed E-state index contributed by atoms with van der Waals surface area (Å²) in [5, 5.41) is 0.477. The number of hydrogen-bond acceptors (Lipinski definition) is 4. The van der Waals surface area contributed by atoms with Gasteiger partial charge in [-0.2, -0.15) is 0 Å². The van der Waals surface area contributed by atoms with E-state index >= 15 is 0 Å². The molecule has 160 valence electrons. The van der Waals surface area contributed by atoms with Crippen LogP contribution in [0.15, 0.2) is 59.9 Å². The van der Waals surface area contributed by atoms with Gasteiger partial charge in [0.2, 0.25) is 0 Å². The minimum absolute atomic E-state index is 0.0857. The molecule has 2 heterocycles. The van der Waals surface area contributed by atoms with Crippen molar-refractivity contribution in [2.75, 3.05) is 31.1 Å². The SMILES string of the molecule is C=CCn1c(=S)[nH]c2cc(C(=O)N3CCCN(c4ccc(F)cc4)CC3)ccc2c1=O. The first-order valence-corrected chi connectivity index (χ1v) is 10.6. The molecule has 0 spiro atoms. The Labute approximate surface area is 184 Å². The molecule has 0 saturated carbocycles. The molecule has 3 aromatic rings. The van der Waals surface area contributed by atoms with E-state index in [9.17, 15) is 14.0 Å². The largest absolute Gasteiger partial charge is 0.370 e. The van der Waals surface area contributed by atoms with Gasteiger partial charge < -0.3 is 14.8 Å². The van der Waals surface area contributed by atoms with Gasteiger partial charge >= 0.3 is 0 Å². The smallest absolute Gasteiger partial charge is 0.262 e. The van der Waals surface area contributed by atoms with Crippen molar-refractivity contribution in [1.82, 2.24) is 14.5 Å². The number of aromatic nitrogens is 2. The van der Waals surface area contributed by atoms with Gasteiger partial charge in [0, 0.05) is 44.0 Å². The van der Waals surface area contributed by atoms with Gasteiger partial charge in [0.1, 0.15) is 5.82 Å². The fourth-order valence-corrected chi connectivity index (χ4v) is 4.16. The van der Waals surface area contributed by atoms with Gasteiger partial charge in [0.05, 0.1) is 10.9 Å². The van der Waals surface area contributed by atoms with Gasteiger partial charge in [0.15, 0.2) is 4.77 Å². The molecule has 1 N–H and O–H groups in total. The van der Waals surface area contributed by atoms with Crippen LogP contribution in [-0.2, 0) is 6.54 Å². The number of allylic oxidation sites excluding steroid dienone is 1. The van der Waals surface area contributed by atoms with Crippen LogP contribution in [0.25, 0.3) is 10.9 Å². The number of carbonyl (C=O) groups is 1. The topological polar surface area (TPSA) is 61.3 Å². The lowest BCUT2D eigenvalue weighted by molar-refractivity contribution is 0.0767. The summed E-state index contributed by atoms with van der Waals surface area (Å²) in [5.41, 5.74) is 1.80. The molecular formula is C23H23FN4O2S. The molecule has 1 fully saturated rings. The van der Waals surface area contributed by atoms with Crippen molar-refractivity contribution in [2.45, 2.75) is 13.0 Å². The lowest BCUT2D eigenvalue weighted by Crippen LogP contribution is -2.35. The summed E-state index contributed by atoms with van der Waals surface area (Å²) in [4.78, 5) is 32.8. The van der Waals surface area contributed by atoms with Gasteiger partial charge in [-0.1, -0.05) is 6.08 Å². The first kappa shape index (κ1) is 21.0. The predicted octanol–water partition coefficient (Wildman–Crippen LogP) is 3.74. The number of carbonyl (C=O) groups excluding carboxylic acids is 1. The summed E-state index contributed by atoms with van der Waals surface area (Å²) in [6.07, 6.45) is 2.43. The second kappa shape index (κ2) is 8.85. The number of hydrogen-bond donors (Lipinski definition) is 1. The lowest BCUT2D eigenvalue weighted by Gasteiger charge is -2.24. The van der Waals surface area contributed by atoms with Crippen LogP contribution >= 0.6 is 12.2 Å². The number of rotatable bonds is 4. The van der Waals surface area contributed by atoms with Crippen molar-refractivity contribution in [2.24, 2.45) is 0 Å². The Balaban J connectivity index is 1.55. The zero-order chi connectivity index (χ0) is 22.0. The number of nitrogens with zero attached hydrogens (tertiary/aromatic N) is 3. The van der Waals surface area contributed by atoms with Crippen molar-refractivity contribution in [1.29, 1.82) is 0 Å². The quantitative estimate of drug-likeness (QED) is 0.498. The lowest BCUT2D eigenvalue weighted by atomic mass is 10.1. The highest BCUT2D eigenvalue weighted by Crippen LogP contribution is 2.19. The van der Waals surface area contributed by atoms with E-state index < -0.39 is 0 Å². The van der Waals surface area contributed by atoms with Crippen LogP contribution in [0.4, 0.5) is 10.1 Å². The van der Waals surface area contributed by atoms with E-state index in [0.29, 0.717) is 47.4 Å². The van der Waals surface area contributed by atoms with Crippen LogP contribution in [0.3, 0.4) is 0 Å². The molecule has 1 saturated heterocycles. The van der Waals surface area contributed by atoms with E-state index in [4.69, 9.17) is 12.2 Å². The van der Waals surface area contributed by atoms with E-state index in [1.54, 1.807) is 36.4 Å². The molecular weight excluding hydrogens is 415 g/mol. The third kappa shape index (κ3) is 4.29. The summed E-state index contributed by atoms with van der Waals surface area (Å²) in [6.45, 7) is 6.63. The van der Waals surface area contributed by atoms with Crippen molar-refractivity contribution < 1.29 is 9.18 Å². The van der Waals surface area contributed by atoms with Crippen LogP contribution in [0.1, 0.15) is 16.8 Å². The number of H-pyrrole nitrogens is 1. The molecule has 1 aliphatic rings. The van der Waals surface area contributed by atoms with Crippen LogP contribution in [0, 0.1) is 10.6 Å². The normalized spacial score (nSPS) is 14.5. The second-order valence-corrected chi connectivity index (χ2v) is 7.89. The van der Waals surface area contributed by atoms with Crippen molar-refractivity contribution in [3.8, 4) is 0 Å². The van der Waals surface area contributed by atoms with E-state index in [2.05, 4.69) is 16.5 Å². The van der Waals surface area contributed by atoms with E-state index in [0.717, 1.165) is 18.7 Å². The van der Waals surface area contributed by atoms with Gasteiger partial charge in [-0.15, -0.1) is 6.58 Å². The summed E-state index contributed by atoms with van der Waals surface area (Å²) in [6, 6.07) is 11.5. The molecule has 0 unspecified atom stereocenters. The van der Waals surface area contributed by atoms with E-state index in [1.807, 2.05) is 4.90 Å². The zero-order valence-electron chi connectivity index (χ0n) is 17.0. The molecule has 2 aromatic carbocycles. The summed E-state index contributed by atoms with van der Waals surface area (Å²) >= 11 is 5.29. The Morgan fingerprint density at radius 2 is 1.90 bits per heavy atom. The highest BCUT2D eigenvalue weighted by molar-refractivity contribution is 7.71. The standard InChI is InChI=1S/C23H23FN4O2S/c1-2-10-28-22(30)19-9-4-16(15-20(19)25-23(28)31)21(29)27-12-3-11-26(13-14-27)18-7-5-17(24)6-8-18/h2,4-9,15H,1,3,10-14H2,(H,25,31). The molecule has 0 atom stereocenters. The number of fused-ring (bicyclic) bond motifs is 1. The maximum Gasteiger partial charge on any atom is 0.262 e. The molecule has 1 amide bonds. The van der Waals surface area contributed by atoms with Crippen molar-refractivity contribution >= 4 is 34.7 Å². The molecule has 0 radical (unpaired) electrons. The average Bonchev–Trinajstić information content (AvgIpc) is 3.02. The highest BCUT2D eigenvalue weighted by atomic mass is 32.1. The van der Waals surface area contributed by atoms with Gasteiger partial charge in [0.25, 0.3) is 11.5 Å². The molecule has 31 heavy (non-hydrogen) atoms. The molecule has 4 rings (SSSR count). The second-order valence-electron chi connectivity index (χ2n) is 7.50. The number of benzene rings is 2.